The van der Waals surface area contributed by atoms with Crippen molar-refractivity contribution < 1.29 is 14.7 Å². The quantitative estimate of drug-likeness (QED) is 0.616. The van der Waals surface area contributed by atoms with Crippen LogP contribution in [0.15, 0.2) is 12.7 Å². The zero-order valence-corrected chi connectivity index (χ0v) is 7.25. The van der Waals surface area contributed by atoms with E-state index in [-0.39, 0.29) is 12.2 Å². The van der Waals surface area contributed by atoms with Crippen molar-refractivity contribution in [2.24, 2.45) is 5.92 Å². The van der Waals surface area contributed by atoms with E-state index in [1.165, 1.54) is 6.08 Å². The van der Waals surface area contributed by atoms with E-state index in [4.69, 9.17) is 5.11 Å². The Kier molecular flexibility index (Phi) is 5.00. The fourth-order valence-corrected chi connectivity index (χ4v) is 0.898. The van der Waals surface area contributed by atoms with Crippen molar-refractivity contribution in [1.82, 2.24) is 0 Å². The fourth-order valence-electron chi connectivity index (χ4n) is 0.898. The van der Waals surface area contributed by atoms with Gasteiger partial charge in [-0.15, -0.1) is 6.58 Å². The molecule has 0 bridgehead atoms. The minimum absolute atomic E-state index is 0.00944. The van der Waals surface area contributed by atoms with Gasteiger partial charge in [-0.25, -0.2) is 0 Å². The van der Waals surface area contributed by atoms with Gasteiger partial charge in [-0.05, 0) is 6.42 Å². The third-order valence-corrected chi connectivity index (χ3v) is 1.58. The molecule has 1 atom stereocenters. The summed E-state index contributed by atoms with van der Waals surface area (Å²) in [5.41, 5.74) is 0. The molecule has 3 heteroatoms. The molecule has 12 heavy (non-hydrogen) atoms. The highest BCUT2D eigenvalue weighted by Gasteiger charge is 2.16. The van der Waals surface area contributed by atoms with Crippen molar-refractivity contribution in [3.63, 3.8) is 0 Å². The number of carbonyl (C=O) groups is 2. The lowest BCUT2D eigenvalue weighted by molar-refractivity contribution is -0.141. The lowest BCUT2D eigenvalue weighted by atomic mass is 10.0. The number of carboxylic acids is 1. The molecular formula is C9H14O3. The van der Waals surface area contributed by atoms with Crippen LogP contribution in [0, 0.1) is 5.92 Å². The number of hydrogen-bond donors (Lipinski definition) is 1. The van der Waals surface area contributed by atoms with E-state index in [9.17, 15) is 9.59 Å². The van der Waals surface area contributed by atoms with Gasteiger partial charge in [0.2, 0.25) is 0 Å². The van der Waals surface area contributed by atoms with E-state index in [1.54, 1.807) is 0 Å². The van der Waals surface area contributed by atoms with Crippen molar-refractivity contribution in [3.8, 4) is 0 Å². The fraction of sp³-hybridized carbons (Fsp3) is 0.556. The number of carboxylic acid groups (broad SMARTS) is 1. The maximum Gasteiger partial charge on any atom is 0.310 e. The summed E-state index contributed by atoms with van der Waals surface area (Å²) >= 11 is 0. The van der Waals surface area contributed by atoms with E-state index in [0.29, 0.717) is 6.42 Å². The molecule has 0 fully saturated rings. The number of Topliss-reactive ketones (excluding diaryl/α,β-unsaturated/α-hetero) is 1. The van der Waals surface area contributed by atoms with Gasteiger partial charge < -0.3 is 5.11 Å². The third-order valence-electron chi connectivity index (χ3n) is 1.58. The van der Waals surface area contributed by atoms with Crippen molar-refractivity contribution in [1.29, 1.82) is 0 Å². The van der Waals surface area contributed by atoms with Crippen molar-refractivity contribution in [3.05, 3.63) is 12.7 Å². The summed E-state index contributed by atoms with van der Waals surface area (Å²) in [7, 11) is 0. The van der Waals surface area contributed by atoms with Gasteiger partial charge >= 0.3 is 5.97 Å². The monoisotopic (exact) mass is 170 g/mol. The minimum Gasteiger partial charge on any atom is -0.481 e. The topological polar surface area (TPSA) is 54.4 Å². The summed E-state index contributed by atoms with van der Waals surface area (Å²) in [6.07, 6.45) is 2.60. The summed E-state index contributed by atoms with van der Waals surface area (Å²) in [6.45, 7) is 5.25. The number of carbonyl (C=O) groups excluding carboxylic acids is 1. The molecule has 68 valence electrons. The first-order chi connectivity index (χ1) is 5.61. The van der Waals surface area contributed by atoms with Gasteiger partial charge in [-0.1, -0.05) is 13.0 Å². The molecule has 0 saturated heterocycles. The van der Waals surface area contributed by atoms with E-state index < -0.39 is 11.9 Å². The Morgan fingerprint density at radius 2 is 2.17 bits per heavy atom. The zero-order chi connectivity index (χ0) is 9.56. The second-order valence-electron chi connectivity index (χ2n) is 2.67. The Labute approximate surface area is 72.1 Å². The summed E-state index contributed by atoms with van der Waals surface area (Å²) in [5.74, 6) is -1.71. The normalized spacial score (nSPS) is 12.1. The summed E-state index contributed by atoms with van der Waals surface area (Å²) in [5, 5.41) is 8.57. The second kappa shape index (κ2) is 5.52. The van der Waals surface area contributed by atoms with Crippen molar-refractivity contribution >= 4 is 11.8 Å². The highest BCUT2D eigenvalue weighted by Crippen LogP contribution is 2.07. The predicted octanol–water partition coefficient (Wildman–Crippen LogP) is 1.63. The molecule has 0 aliphatic heterocycles. The molecule has 0 aromatic carbocycles. The number of ketones is 1. The molecule has 0 rings (SSSR count). The van der Waals surface area contributed by atoms with Gasteiger partial charge in [0.25, 0.3) is 0 Å². The molecule has 3 nitrogen and oxygen atoms in total. The molecule has 0 aromatic rings. The van der Waals surface area contributed by atoms with Crippen molar-refractivity contribution in [2.75, 3.05) is 0 Å². The molecule has 0 saturated carbocycles. The number of rotatable bonds is 6. The Morgan fingerprint density at radius 3 is 2.50 bits per heavy atom. The number of hydrogen-bond acceptors (Lipinski definition) is 2. The third kappa shape index (κ3) is 3.91. The molecule has 0 amide bonds. The Morgan fingerprint density at radius 1 is 1.58 bits per heavy atom. The lowest BCUT2D eigenvalue weighted by Gasteiger charge is -2.04. The Hall–Kier alpha value is -1.12. The molecule has 0 radical (unpaired) electrons. The summed E-state index contributed by atoms with van der Waals surface area (Å²) < 4.78 is 0. The summed E-state index contributed by atoms with van der Waals surface area (Å²) in [4.78, 5) is 21.5. The molecule has 0 aliphatic carbocycles. The average molecular weight is 170 g/mol. The zero-order valence-electron chi connectivity index (χ0n) is 7.25. The summed E-state index contributed by atoms with van der Waals surface area (Å²) in [6, 6.07) is 0. The first-order valence-corrected chi connectivity index (χ1v) is 3.98. The van der Waals surface area contributed by atoms with Crippen LogP contribution in [-0.4, -0.2) is 16.9 Å². The van der Waals surface area contributed by atoms with E-state index in [0.717, 1.165) is 6.42 Å². The molecule has 0 aromatic heterocycles. The molecule has 0 heterocycles. The lowest BCUT2D eigenvalue weighted by Crippen LogP contribution is -2.15. The maximum absolute atomic E-state index is 11.0. The van der Waals surface area contributed by atoms with Crippen LogP contribution in [0.25, 0.3) is 0 Å². The highest BCUT2D eigenvalue weighted by molar-refractivity contribution is 5.84. The van der Waals surface area contributed by atoms with Gasteiger partial charge in [-0.3, -0.25) is 9.59 Å². The van der Waals surface area contributed by atoms with Gasteiger partial charge in [0.1, 0.15) is 5.78 Å². The first kappa shape index (κ1) is 10.9. The first-order valence-electron chi connectivity index (χ1n) is 3.98. The molecular weight excluding hydrogens is 156 g/mol. The largest absolute Gasteiger partial charge is 0.481 e. The predicted molar refractivity (Wildman–Crippen MR) is 45.9 cm³/mol. The highest BCUT2D eigenvalue weighted by atomic mass is 16.4. The van der Waals surface area contributed by atoms with Gasteiger partial charge in [0, 0.05) is 12.8 Å². The van der Waals surface area contributed by atoms with E-state index in [2.05, 4.69) is 6.58 Å². The van der Waals surface area contributed by atoms with Crippen LogP contribution in [0.1, 0.15) is 26.2 Å². The number of aliphatic carboxylic acids is 1. The van der Waals surface area contributed by atoms with Gasteiger partial charge in [0.15, 0.2) is 0 Å². The van der Waals surface area contributed by atoms with Gasteiger partial charge in [0.05, 0.1) is 5.92 Å². The SMILES string of the molecule is C=CC(CC(=O)CCC)C(=O)O. The standard InChI is InChI=1S/C9H14O3/c1-3-5-8(10)6-7(4-2)9(11)12/h4,7H,2-3,5-6H2,1H3,(H,11,12). The van der Waals surface area contributed by atoms with Crippen LogP contribution < -0.4 is 0 Å². The maximum atomic E-state index is 11.0. The van der Waals surface area contributed by atoms with Crippen LogP contribution in [0.4, 0.5) is 0 Å². The average Bonchev–Trinajstić information content (AvgIpc) is 2.00. The van der Waals surface area contributed by atoms with E-state index in [1.807, 2.05) is 6.92 Å². The smallest absolute Gasteiger partial charge is 0.310 e. The molecule has 1 unspecified atom stereocenters. The molecule has 0 aliphatic rings. The van der Waals surface area contributed by atoms with Gasteiger partial charge in [-0.2, -0.15) is 0 Å². The second-order valence-corrected chi connectivity index (χ2v) is 2.67. The van der Waals surface area contributed by atoms with Crippen LogP contribution in [-0.2, 0) is 9.59 Å². The van der Waals surface area contributed by atoms with Crippen LogP contribution in [0.3, 0.4) is 0 Å². The van der Waals surface area contributed by atoms with Crippen LogP contribution >= 0.6 is 0 Å². The Bertz CT molecular complexity index is 184. The minimum atomic E-state index is -0.977. The van der Waals surface area contributed by atoms with Crippen LogP contribution in [0.2, 0.25) is 0 Å². The Balaban J connectivity index is 3.94. The van der Waals surface area contributed by atoms with Crippen molar-refractivity contribution in [2.45, 2.75) is 26.2 Å². The molecule has 0 spiro atoms. The van der Waals surface area contributed by atoms with E-state index >= 15 is 0 Å². The van der Waals surface area contributed by atoms with Crippen LogP contribution in [0.5, 0.6) is 0 Å². The molecule has 1 N–H and O–H groups in total.